The first-order valence-electron chi connectivity index (χ1n) is 9.45. The van der Waals surface area contributed by atoms with E-state index in [4.69, 9.17) is 4.74 Å². The number of alkyl halides is 3. The predicted octanol–water partition coefficient (Wildman–Crippen LogP) is 2.47. The summed E-state index contributed by atoms with van der Waals surface area (Å²) in [5.74, 6) is -2.04. The van der Waals surface area contributed by atoms with Gasteiger partial charge in [0.15, 0.2) is 17.5 Å². The Morgan fingerprint density at radius 1 is 1.26 bits per heavy atom. The zero-order valence-electron chi connectivity index (χ0n) is 17.0. The van der Waals surface area contributed by atoms with E-state index in [9.17, 15) is 27.1 Å². The number of hydrogen-bond acceptors (Lipinski definition) is 4. The lowest BCUT2D eigenvalue weighted by molar-refractivity contribution is -0.272. The van der Waals surface area contributed by atoms with Crippen LogP contribution in [-0.4, -0.2) is 53.0 Å². The van der Waals surface area contributed by atoms with Gasteiger partial charge >= 0.3 is 6.18 Å². The summed E-state index contributed by atoms with van der Waals surface area (Å²) in [7, 11) is 1.36. The number of rotatable bonds is 9. The van der Waals surface area contributed by atoms with Crippen LogP contribution in [0.5, 0.6) is 5.75 Å². The lowest BCUT2D eigenvalue weighted by atomic mass is 9.98. The molecular formula is C19H24F5N5O2. The Morgan fingerprint density at radius 2 is 2.00 bits per heavy atom. The van der Waals surface area contributed by atoms with Crippen LogP contribution in [0.2, 0.25) is 0 Å². The molecule has 0 fully saturated rings. The van der Waals surface area contributed by atoms with Gasteiger partial charge in [0.2, 0.25) is 5.60 Å². The van der Waals surface area contributed by atoms with Gasteiger partial charge < -0.3 is 25.0 Å². The number of nitrogens with zero attached hydrogens (tertiary/aromatic N) is 3. The molecule has 0 radical (unpaired) electrons. The molecule has 1 heterocycles. The number of ether oxygens (including phenoxy) is 1. The minimum absolute atomic E-state index is 0.00722. The first-order valence-corrected chi connectivity index (χ1v) is 9.45. The van der Waals surface area contributed by atoms with E-state index < -0.39 is 35.7 Å². The summed E-state index contributed by atoms with van der Waals surface area (Å²) in [6.45, 7) is 1.98. The van der Waals surface area contributed by atoms with Gasteiger partial charge in [0.1, 0.15) is 18.2 Å². The van der Waals surface area contributed by atoms with Gasteiger partial charge in [-0.05, 0) is 19.1 Å². The van der Waals surface area contributed by atoms with Crippen LogP contribution in [0, 0.1) is 11.6 Å². The average molecular weight is 449 g/mol. The van der Waals surface area contributed by atoms with E-state index >= 15 is 0 Å². The fourth-order valence-electron chi connectivity index (χ4n) is 2.74. The van der Waals surface area contributed by atoms with Crippen LogP contribution in [0.25, 0.3) is 0 Å². The zero-order valence-corrected chi connectivity index (χ0v) is 17.0. The zero-order chi connectivity index (χ0) is 23.1. The first-order chi connectivity index (χ1) is 14.6. The molecule has 0 amide bonds. The molecule has 0 bridgehead atoms. The highest BCUT2D eigenvalue weighted by Gasteiger charge is 2.57. The fraction of sp³-hybridized carbons (Fsp3) is 0.474. The Kier molecular flexibility index (Phi) is 8.20. The van der Waals surface area contributed by atoms with Crippen LogP contribution >= 0.6 is 0 Å². The molecule has 1 unspecified atom stereocenters. The number of aromatic nitrogens is 2. The minimum Gasteiger partial charge on any atom is -0.489 e. The van der Waals surface area contributed by atoms with Gasteiger partial charge in [0, 0.05) is 45.0 Å². The Bertz CT molecular complexity index is 887. The maximum atomic E-state index is 13.5. The molecule has 0 aliphatic carbocycles. The second-order valence-corrected chi connectivity index (χ2v) is 6.58. The second-order valence-electron chi connectivity index (χ2n) is 6.58. The molecule has 0 spiro atoms. The normalized spacial score (nSPS) is 14.3. The van der Waals surface area contributed by atoms with E-state index in [2.05, 4.69) is 20.6 Å². The van der Waals surface area contributed by atoms with Crippen molar-refractivity contribution >= 4 is 5.96 Å². The van der Waals surface area contributed by atoms with Crippen molar-refractivity contribution in [1.29, 1.82) is 0 Å². The monoisotopic (exact) mass is 449 g/mol. The van der Waals surface area contributed by atoms with Crippen molar-refractivity contribution in [2.45, 2.75) is 25.1 Å². The van der Waals surface area contributed by atoms with Crippen molar-refractivity contribution in [3.05, 3.63) is 48.1 Å². The van der Waals surface area contributed by atoms with Crippen molar-refractivity contribution in [1.82, 2.24) is 20.2 Å². The predicted molar refractivity (Wildman–Crippen MR) is 104 cm³/mol. The number of imidazole rings is 1. The van der Waals surface area contributed by atoms with Crippen molar-refractivity contribution in [3.63, 3.8) is 0 Å². The lowest BCUT2D eigenvalue weighted by Crippen LogP contribution is -2.45. The summed E-state index contributed by atoms with van der Waals surface area (Å²) in [5.41, 5.74) is -3.16. The highest BCUT2D eigenvalue weighted by atomic mass is 19.4. The van der Waals surface area contributed by atoms with Crippen molar-refractivity contribution in [3.8, 4) is 5.75 Å². The molecule has 31 heavy (non-hydrogen) atoms. The van der Waals surface area contributed by atoms with Gasteiger partial charge in [-0.25, -0.2) is 13.8 Å². The first kappa shape index (κ1) is 24.4. The maximum Gasteiger partial charge on any atom is 0.424 e. The molecule has 1 atom stereocenters. The second kappa shape index (κ2) is 10.4. The summed E-state index contributed by atoms with van der Waals surface area (Å²) >= 11 is 0. The van der Waals surface area contributed by atoms with Crippen LogP contribution in [0.3, 0.4) is 0 Å². The third-order valence-electron chi connectivity index (χ3n) is 4.29. The molecule has 172 valence electrons. The molecule has 0 saturated heterocycles. The van der Waals surface area contributed by atoms with E-state index in [1.807, 2.05) is 0 Å². The van der Waals surface area contributed by atoms with E-state index in [0.717, 1.165) is 16.7 Å². The molecule has 12 heteroatoms. The third-order valence-corrected chi connectivity index (χ3v) is 4.29. The molecule has 3 N–H and O–H groups in total. The summed E-state index contributed by atoms with van der Waals surface area (Å²) in [6, 6.07) is 2.90. The molecule has 0 aliphatic heterocycles. The third kappa shape index (κ3) is 6.29. The number of benzene rings is 1. The fourth-order valence-corrected chi connectivity index (χ4v) is 2.74. The summed E-state index contributed by atoms with van der Waals surface area (Å²) in [5, 5.41) is 16.0. The number of aryl methyl sites for hydroxylation is 1. The topological polar surface area (TPSA) is 83.7 Å². The van der Waals surface area contributed by atoms with Gasteiger partial charge in [-0.1, -0.05) is 0 Å². The van der Waals surface area contributed by atoms with Gasteiger partial charge in [-0.15, -0.1) is 0 Å². The Morgan fingerprint density at radius 3 is 2.58 bits per heavy atom. The van der Waals surface area contributed by atoms with Gasteiger partial charge in [0.25, 0.3) is 0 Å². The molecule has 2 aromatic rings. The number of halogens is 5. The van der Waals surface area contributed by atoms with Crippen LogP contribution in [-0.2, 0) is 12.6 Å². The number of aliphatic hydroxyl groups is 1. The molecule has 0 aliphatic rings. The number of hydrogen-bond donors (Lipinski definition) is 3. The van der Waals surface area contributed by atoms with Crippen molar-refractivity contribution in [2.75, 3.05) is 26.2 Å². The molecule has 1 aromatic carbocycles. The smallest absolute Gasteiger partial charge is 0.424 e. The van der Waals surface area contributed by atoms with Crippen molar-refractivity contribution in [2.24, 2.45) is 12.0 Å². The lowest BCUT2D eigenvalue weighted by Gasteiger charge is -2.29. The van der Waals surface area contributed by atoms with E-state index in [-0.39, 0.29) is 31.4 Å². The summed E-state index contributed by atoms with van der Waals surface area (Å²) in [4.78, 5) is 7.68. The summed E-state index contributed by atoms with van der Waals surface area (Å²) < 4.78 is 73.3. The molecule has 1 aromatic heterocycles. The minimum atomic E-state index is -4.94. The number of aliphatic imine (C=N–C) groups is 1. The van der Waals surface area contributed by atoms with Gasteiger partial charge in [0.05, 0.1) is 6.54 Å². The average Bonchev–Trinajstić information content (AvgIpc) is 3.12. The summed E-state index contributed by atoms with van der Waals surface area (Å²) in [6.07, 6.45) is -3.20. The van der Waals surface area contributed by atoms with Gasteiger partial charge in [-0.3, -0.25) is 4.99 Å². The standard InChI is InChI=1S/C19H24F5N5O2/c1-3-25-17(28-9-11-31-15-5-4-13(20)12-14(15)21)27-7-6-18(30,19(22,23)24)16-26-8-10-29(16)2/h4-5,8,10,12,30H,3,6-7,9,11H2,1-2H3,(H2,25,27,28). The van der Waals surface area contributed by atoms with Crippen LogP contribution in [0.4, 0.5) is 22.0 Å². The van der Waals surface area contributed by atoms with Crippen molar-refractivity contribution < 1.29 is 31.8 Å². The Hall–Kier alpha value is -2.89. The molecule has 0 saturated carbocycles. The molecule has 7 nitrogen and oxygen atoms in total. The Balaban J connectivity index is 1.96. The van der Waals surface area contributed by atoms with E-state index in [0.29, 0.717) is 12.6 Å². The largest absolute Gasteiger partial charge is 0.489 e. The highest BCUT2D eigenvalue weighted by molar-refractivity contribution is 5.79. The quantitative estimate of drug-likeness (QED) is 0.237. The number of guanidine groups is 1. The van der Waals surface area contributed by atoms with E-state index in [1.165, 1.54) is 19.4 Å². The highest BCUT2D eigenvalue weighted by Crippen LogP contribution is 2.40. The SMILES string of the molecule is CCNC(=NCCC(O)(c1nccn1C)C(F)(F)F)NCCOc1ccc(F)cc1F. The van der Waals surface area contributed by atoms with E-state index in [1.54, 1.807) is 6.92 Å². The van der Waals surface area contributed by atoms with Crippen LogP contribution in [0.1, 0.15) is 19.2 Å². The van der Waals surface area contributed by atoms with Gasteiger partial charge in [-0.2, -0.15) is 13.2 Å². The van der Waals surface area contributed by atoms with Crippen LogP contribution < -0.4 is 15.4 Å². The maximum absolute atomic E-state index is 13.5. The Labute approximate surface area is 176 Å². The molecule has 2 rings (SSSR count). The van der Waals surface area contributed by atoms with Crippen LogP contribution in [0.15, 0.2) is 35.6 Å². The molecular weight excluding hydrogens is 425 g/mol. The number of nitrogens with one attached hydrogen (secondary N) is 2.